The van der Waals surface area contributed by atoms with Crippen molar-refractivity contribution in [2.75, 3.05) is 0 Å². The number of hydrogen-bond acceptors (Lipinski definition) is 4. The highest BCUT2D eigenvalue weighted by molar-refractivity contribution is 5.44. The zero-order valence-corrected chi connectivity index (χ0v) is 19.1. The van der Waals surface area contributed by atoms with E-state index in [-0.39, 0.29) is 0 Å². The van der Waals surface area contributed by atoms with Crippen LogP contribution in [0.4, 0.5) is 17.6 Å². The molecular formula is C29H18F4N2O2. The largest absolute Gasteiger partial charge is 0.489 e. The zero-order valence-electron chi connectivity index (χ0n) is 19.1. The molecule has 0 saturated carbocycles. The maximum Gasteiger partial charge on any atom is 0.319 e. The van der Waals surface area contributed by atoms with E-state index in [2.05, 4.69) is 22.9 Å². The standard InChI is InChI=1S/C29H18F4N2O2/c30-23-10-13-25(26(31)15-23)28(36)29(32,33)27-14-9-21(17-35-27)4-1-19-7-11-24(12-8-19)37-18-22-5-2-20(16-34)3-6-22/h2-3,5-15,17,28,36H,18H2. The maximum atomic E-state index is 14.7. The number of aromatic nitrogens is 1. The lowest BCUT2D eigenvalue weighted by atomic mass is 9.99. The first-order valence-corrected chi connectivity index (χ1v) is 11.0. The Morgan fingerprint density at radius 3 is 2.14 bits per heavy atom. The Balaban J connectivity index is 1.39. The quantitative estimate of drug-likeness (QED) is 0.258. The lowest BCUT2D eigenvalue weighted by Crippen LogP contribution is -2.26. The maximum absolute atomic E-state index is 14.7. The third-order valence-corrected chi connectivity index (χ3v) is 5.40. The molecule has 3 aromatic carbocycles. The van der Waals surface area contributed by atoms with Gasteiger partial charge in [-0.2, -0.15) is 14.0 Å². The number of pyridine rings is 1. The molecule has 0 saturated heterocycles. The molecule has 0 aliphatic rings. The number of aliphatic hydroxyl groups is 1. The Morgan fingerprint density at radius 2 is 1.51 bits per heavy atom. The average molecular weight is 502 g/mol. The van der Waals surface area contributed by atoms with E-state index in [0.717, 1.165) is 30.0 Å². The number of halogens is 4. The highest BCUT2D eigenvalue weighted by atomic mass is 19.3. The van der Waals surface area contributed by atoms with Crippen LogP contribution < -0.4 is 4.74 Å². The highest BCUT2D eigenvalue weighted by Crippen LogP contribution is 2.40. The number of hydrogen-bond donors (Lipinski definition) is 1. The molecule has 0 bridgehead atoms. The van der Waals surface area contributed by atoms with Crippen LogP contribution in [0.3, 0.4) is 0 Å². The van der Waals surface area contributed by atoms with E-state index in [9.17, 15) is 22.7 Å². The predicted molar refractivity (Wildman–Crippen MR) is 127 cm³/mol. The van der Waals surface area contributed by atoms with Gasteiger partial charge in [0.15, 0.2) is 6.10 Å². The highest BCUT2D eigenvalue weighted by Gasteiger charge is 2.44. The van der Waals surface area contributed by atoms with Gasteiger partial charge in [-0.15, -0.1) is 0 Å². The Bertz CT molecular complexity index is 1490. The fraction of sp³-hybridized carbons (Fsp3) is 0.103. The second kappa shape index (κ2) is 10.9. The van der Waals surface area contributed by atoms with Crippen molar-refractivity contribution < 1.29 is 27.4 Å². The molecule has 8 heteroatoms. The molecule has 0 aliphatic carbocycles. The number of nitrogens with zero attached hydrogens (tertiary/aromatic N) is 2. The van der Waals surface area contributed by atoms with E-state index < -0.39 is 34.9 Å². The fourth-order valence-corrected chi connectivity index (χ4v) is 3.34. The van der Waals surface area contributed by atoms with Crippen molar-refractivity contribution in [3.05, 3.63) is 130 Å². The fourth-order valence-electron chi connectivity index (χ4n) is 3.34. The van der Waals surface area contributed by atoms with Gasteiger partial charge in [0.25, 0.3) is 0 Å². The van der Waals surface area contributed by atoms with Crippen molar-refractivity contribution in [3.8, 4) is 23.7 Å². The Hall–Kier alpha value is -4.66. The molecule has 0 fully saturated rings. The molecule has 4 nitrogen and oxygen atoms in total. The molecule has 1 aromatic heterocycles. The summed E-state index contributed by atoms with van der Waals surface area (Å²) < 4.78 is 62.0. The van der Waals surface area contributed by atoms with Crippen LogP contribution >= 0.6 is 0 Å². The number of ether oxygens (including phenoxy) is 1. The number of aliphatic hydroxyl groups excluding tert-OH is 1. The van der Waals surface area contributed by atoms with Gasteiger partial charge >= 0.3 is 5.92 Å². The van der Waals surface area contributed by atoms with Crippen LogP contribution in [0.5, 0.6) is 5.75 Å². The van der Waals surface area contributed by atoms with Gasteiger partial charge in [-0.25, -0.2) is 8.78 Å². The van der Waals surface area contributed by atoms with E-state index in [1.165, 1.54) is 6.07 Å². The van der Waals surface area contributed by atoms with Crippen LogP contribution in [0.25, 0.3) is 0 Å². The summed E-state index contributed by atoms with van der Waals surface area (Å²) in [6.45, 7) is 0.335. The molecule has 184 valence electrons. The number of alkyl halides is 2. The smallest absolute Gasteiger partial charge is 0.319 e. The summed E-state index contributed by atoms with van der Waals surface area (Å²) in [7, 11) is 0. The van der Waals surface area contributed by atoms with Gasteiger partial charge in [-0.05, 0) is 60.2 Å². The van der Waals surface area contributed by atoms with E-state index in [0.29, 0.717) is 35.1 Å². The molecule has 4 aromatic rings. The summed E-state index contributed by atoms with van der Waals surface area (Å²) >= 11 is 0. The van der Waals surface area contributed by atoms with Crippen molar-refractivity contribution >= 4 is 0 Å². The van der Waals surface area contributed by atoms with Gasteiger partial charge in [0, 0.05) is 29.0 Å². The minimum absolute atomic E-state index is 0.335. The van der Waals surface area contributed by atoms with Gasteiger partial charge in [-0.3, -0.25) is 4.98 Å². The minimum Gasteiger partial charge on any atom is -0.489 e. The molecule has 1 unspecified atom stereocenters. The van der Waals surface area contributed by atoms with E-state index >= 15 is 0 Å². The Labute approximate surface area is 210 Å². The number of nitriles is 1. The number of rotatable bonds is 6. The Morgan fingerprint density at radius 1 is 0.865 bits per heavy atom. The monoisotopic (exact) mass is 502 g/mol. The van der Waals surface area contributed by atoms with Gasteiger partial charge in [0.2, 0.25) is 0 Å². The summed E-state index contributed by atoms with van der Waals surface area (Å²) in [6, 6.07) is 20.4. The first-order chi connectivity index (χ1) is 17.8. The van der Waals surface area contributed by atoms with Crippen LogP contribution in [0.15, 0.2) is 85.1 Å². The Kier molecular flexibility index (Phi) is 7.52. The molecule has 0 aliphatic heterocycles. The number of benzene rings is 3. The van der Waals surface area contributed by atoms with Gasteiger partial charge < -0.3 is 9.84 Å². The van der Waals surface area contributed by atoms with E-state index in [4.69, 9.17) is 10.00 Å². The van der Waals surface area contributed by atoms with Gasteiger partial charge in [0.05, 0.1) is 11.6 Å². The average Bonchev–Trinajstić information content (AvgIpc) is 2.91. The molecule has 0 spiro atoms. The molecular weight excluding hydrogens is 484 g/mol. The topological polar surface area (TPSA) is 66.1 Å². The van der Waals surface area contributed by atoms with Crippen LogP contribution in [0.2, 0.25) is 0 Å². The van der Waals surface area contributed by atoms with E-state index in [1.54, 1.807) is 36.4 Å². The molecule has 4 rings (SSSR count). The lowest BCUT2D eigenvalue weighted by Gasteiger charge is -2.22. The van der Waals surface area contributed by atoms with Crippen LogP contribution in [0, 0.1) is 34.8 Å². The summed E-state index contributed by atoms with van der Waals surface area (Å²) in [6.07, 6.45) is -1.42. The molecule has 1 N–H and O–H groups in total. The summed E-state index contributed by atoms with van der Waals surface area (Å²) in [5.74, 6) is 0.198. The van der Waals surface area contributed by atoms with Crippen LogP contribution in [0.1, 0.15) is 39.6 Å². The molecule has 0 amide bonds. The van der Waals surface area contributed by atoms with E-state index in [1.807, 2.05) is 12.1 Å². The SMILES string of the molecule is N#Cc1ccc(COc2ccc(C#Cc3ccc(C(F)(F)C(O)c4ccc(F)cc4F)nc3)cc2)cc1. The summed E-state index contributed by atoms with van der Waals surface area (Å²) in [4.78, 5) is 3.69. The summed E-state index contributed by atoms with van der Waals surface area (Å²) in [5, 5.41) is 18.9. The molecule has 0 radical (unpaired) electrons. The normalized spacial score (nSPS) is 11.7. The van der Waals surface area contributed by atoms with Crippen molar-refractivity contribution in [1.82, 2.24) is 4.98 Å². The molecule has 37 heavy (non-hydrogen) atoms. The second-order valence-corrected chi connectivity index (χ2v) is 8.00. The van der Waals surface area contributed by atoms with Gasteiger partial charge in [-0.1, -0.05) is 30.0 Å². The zero-order chi connectivity index (χ0) is 26.4. The third-order valence-electron chi connectivity index (χ3n) is 5.40. The van der Waals surface area contributed by atoms with Crippen LogP contribution in [-0.2, 0) is 12.5 Å². The first kappa shape index (κ1) is 25.4. The molecule has 1 atom stereocenters. The molecule has 1 heterocycles. The third kappa shape index (κ3) is 6.13. The predicted octanol–water partition coefficient (Wildman–Crippen LogP) is 6.04. The lowest BCUT2D eigenvalue weighted by molar-refractivity contribution is -0.122. The minimum atomic E-state index is -3.92. The first-order valence-electron chi connectivity index (χ1n) is 11.0. The second-order valence-electron chi connectivity index (χ2n) is 8.00. The van der Waals surface area contributed by atoms with Crippen molar-refractivity contribution in [2.45, 2.75) is 18.6 Å². The summed E-state index contributed by atoms with van der Waals surface area (Å²) in [5.41, 5.74) is 0.979. The van der Waals surface area contributed by atoms with Crippen molar-refractivity contribution in [3.63, 3.8) is 0 Å². The van der Waals surface area contributed by atoms with Crippen molar-refractivity contribution in [2.24, 2.45) is 0 Å². The van der Waals surface area contributed by atoms with Crippen molar-refractivity contribution in [1.29, 1.82) is 5.26 Å². The van der Waals surface area contributed by atoms with Gasteiger partial charge in [0.1, 0.15) is 29.7 Å². The van der Waals surface area contributed by atoms with Crippen LogP contribution in [-0.4, -0.2) is 10.1 Å².